The van der Waals surface area contributed by atoms with Crippen LogP contribution in [-0.4, -0.2) is 61.6 Å². The summed E-state index contributed by atoms with van der Waals surface area (Å²) in [5, 5.41) is 8.83. The zero-order valence-corrected chi connectivity index (χ0v) is 14.1. The van der Waals surface area contributed by atoms with Crippen LogP contribution in [0.3, 0.4) is 0 Å². The van der Waals surface area contributed by atoms with E-state index in [2.05, 4.69) is 11.0 Å². The molecule has 0 spiro atoms. The number of nitrogens with zero attached hydrogens (tertiary/aromatic N) is 3. The Labute approximate surface area is 136 Å². The second-order valence-electron chi connectivity index (χ2n) is 5.48. The molecule has 0 aromatic carbocycles. The third-order valence-corrected chi connectivity index (χ3v) is 4.81. The van der Waals surface area contributed by atoms with E-state index in [1.54, 1.807) is 11.3 Å². The minimum absolute atomic E-state index is 0.0466. The molecule has 22 heavy (non-hydrogen) atoms. The third-order valence-electron chi connectivity index (χ3n) is 3.84. The van der Waals surface area contributed by atoms with Crippen LogP contribution in [0.5, 0.6) is 0 Å². The summed E-state index contributed by atoms with van der Waals surface area (Å²) in [6.45, 7) is 9.33. The first-order valence-corrected chi connectivity index (χ1v) is 8.47. The maximum atomic E-state index is 12.7. The molecule has 0 saturated carbocycles. The number of carbonyl (C=O) groups is 1. The summed E-state index contributed by atoms with van der Waals surface area (Å²) in [7, 11) is 0. The van der Waals surface area contributed by atoms with Gasteiger partial charge in [-0.2, -0.15) is 5.26 Å². The average molecular weight is 321 g/mol. The lowest BCUT2D eigenvalue weighted by molar-refractivity contribution is 0.0326. The van der Waals surface area contributed by atoms with Gasteiger partial charge in [-0.3, -0.25) is 9.69 Å². The molecule has 0 N–H and O–H groups in total. The highest BCUT2D eigenvalue weighted by molar-refractivity contribution is 7.12. The van der Waals surface area contributed by atoms with Crippen molar-refractivity contribution >= 4 is 17.2 Å². The zero-order chi connectivity index (χ0) is 15.9. The van der Waals surface area contributed by atoms with Gasteiger partial charge in [-0.25, -0.2) is 0 Å². The minimum atomic E-state index is 0.0466. The molecule has 1 aliphatic rings. The van der Waals surface area contributed by atoms with Crippen LogP contribution in [0.25, 0.3) is 0 Å². The van der Waals surface area contributed by atoms with Crippen LogP contribution in [0, 0.1) is 25.2 Å². The smallest absolute Gasteiger partial charge is 0.255 e. The van der Waals surface area contributed by atoms with Crippen molar-refractivity contribution in [2.75, 3.05) is 45.9 Å². The van der Waals surface area contributed by atoms with Crippen molar-refractivity contribution in [2.24, 2.45) is 0 Å². The highest BCUT2D eigenvalue weighted by atomic mass is 32.1. The Morgan fingerprint density at radius 1 is 1.41 bits per heavy atom. The number of aryl methyl sites for hydroxylation is 2. The number of ether oxygens (including phenoxy) is 1. The van der Waals surface area contributed by atoms with Gasteiger partial charge in [-0.05, 0) is 19.9 Å². The van der Waals surface area contributed by atoms with Gasteiger partial charge in [0.25, 0.3) is 5.91 Å². The summed E-state index contributed by atoms with van der Waals surface area (Å²) >= 11 is 1.65. The Kier molecular flexibility index (Phi) is 6.37. The summed E-state index contributed by atoms with van der Waals surface area (Å²) in [6, 6.07) is 4.09. The van der Waals surface area contributed by atoms with E-state index >= 15 is 0 Å². The minimum Gasteiger partial charge on any atom is -0.379 e. The second kappa shape index (κ2) is 8.28. The van der Waals surface area contributed by atoms with E-state index in [-0.39, 0.29) is 5.91 Å². The fraction of sp³-hybridized carbons (Fsp3) is 0.625. The molecule has 0 atom stereocenters. The van der Waals surface area contributed by atoms with Crippen molar-refractivity contribution in [3.8, 4) is 6.07 Å². The van der Waals surface area contributed by atoms with Crippen LogP contribution in [0.1, 0.15) is 26.5 Å². The molecular weight excluding hydrogens is 298 g/mol. The molecule has 0 bridgehead atoms. The highest BCUT2D eigenvalue weighted by Crippen LogP contribution is 2.22. The molecule has 1 fully saturated rings. The lowest BCUT2D eigenvalue weighted by Crippen LogP contribution is -2.43. The van der Waals surface area contributed by atoms with E-state index < -0.39 is 0 Å². The molecule has 2 heterocycles. The number of morpholine rings is 1. The van der Waals surface area contributed by atoms with Crippen molar-refractivity contribution in [1.29, 1.82) is 5.26 Å². The Balaban J connectivity index is 1.99. The van der Waals surface area contributed by atoms with Crippen LogP contribution in [0.4, 0.5) is 0 Å². The fourth-order valence-corrected chi connectivity index (χ4v) is 3.52. The standard InChI is InChI=1S/C16H23N3O2S/c1-13-12-15(14(2)22-13)16(20)19(5-3-4-17)7-6-18-8-10-21-11-9-18/h12H,3,5-11H2,1-2H3. The Morgan fingerprint density at radius 3 is 2.73 bits per heavy atom. The number of hydrogen-bond acceptors (Lipinski definition) is 5. The Hall–Kier alpha value is -1.42. The highest BCUT2D eigenvalue weighted by Gasteiger charge is 2.20. The molecule has 0 radical (unpaired) electrons. The fourth-order valence-electron chi connectivity index (χ4n) is 2.60. The second-order valence-corrected chi connectivity index (χ2v) is 6.94. The van der Waals surface area contributed by atoms with Gasteiger partial charge >= 0.3 is 0 Å². The molecule has 2 rings (SSSR count). The molecule has 1 aliphatic heterocycles. The van der Waals surface area contributed by atoms with E-state index in [9.17, 15) is 4.79 Å². The molecule has 0 aliphatic carbocycles. The van der Waals surface area contributed by atoms with Crippen LogP contribution in [0.2, 0.25) is 0 Å². The topological polar surface area (TPSA) is 56.6 Å². The quantitative estimate of drug-likeness (QED) is 0.805. The normalized spacial score (nSPS) is 15.5. The molecule has 1 saturated heterocycles. The van der Waals surface area contributed by atoms with E-state index in [1.807, 2.05) is 24.8 Å². The first-order chi connectivity index (χ1) is 10.6. The van der Waals surface area contributed by atoms with Gasteiger partial charge in [0.05, 0.1) is 31.3 Å². The predicted molar refractivity (Wildman–Crippen MR) is 87.2 cm³/mol. The van der Waals surface area contributed by atoms with Gasteiger partial charge in [0.15, 0.2) is 0 Å². The maximum absolute atomic E-state index is 12.7. The number of hydrogen-bond donors (Lipinski definition) is 0. The van der Waals surface area contributed by atoms with Crippen LogP contribution >= 0.6 is 11.3 Å². The summed E-state index contributed by atoms with van der Waals surface area (Å²) < 4.78 is 5.34. The van der Waals surface area contributed by atoms with E-state index in [0.717, 1.165) is 48.2 Å². The van der Waals surface area contributed by atoms with E-state index in [4.69, 9.17) is 10.00 Å². The molecule has 0 unspecified atom stereocenters. The first-order valence-electron chi connectivity index (χ1n) is 7.65. The maximum Gasteiger partial charge on any atom is 0.255 e. The van der Waals surface area contributed by atoms with Gasteiger partial charge in [0, 0.05) is 42.5 Å². The number of nitriles is 1. The third kappa shape index (κ3) is 4.54. The van der Waals surface area contributed by atoms with E-state index in [1.165, 1.54) is 0 Å². The molecule has 1 aromatic heterocycles. The van der Waals surface area contributed by atoms with Gasteiger partial charge in [-0.15, -0.1) is 11.3 Å². The van der Waals surface area contributed by atoms with Crippen molar-refractivity contribution in [2.45, 2.75) is 20.3 Å². The van der Waals surface area contributed by atoms with Gasteiger partial charge in [0.1, 0.15) is 0 Å². The van der Waals surface area contributed by atoms with Crippen LogP contribution in [-0.2, 0) is 4.74 Å². The molecule has 6 heteroatoms. The lowest BCUT2D eigenvalue weighted by Gasteiger charge is -2.29. The van der Waals surface area contributed by atoms with Crippen molar-refractivity contribution < 1.29 is 9.53 Å². The first kappa shape index (κ1) is 16.9. The summed E-state index contributed by atoms with van der Waals surface area (Å²) in [6.07, 6.45) is 0.372. The SMILES string of the molecule is Cc1cc(C(=O)N(CCC#N)CCN2CCOCC2)c(C)s1. The molecular formula is C16H23N3O2S. The van der Waals surface area contributed by atoms with Crippen LogP contribution in [0.15, 0.2) is 6.07 Å². The number of rotatable bonds is 6. The zero-order valence-electron chi connectivity index (χ0n) is 13.3. The number of thiophene rings is 1. The molecule has 5 nitrogen and oxygen atoms in total. The van der Waals surface area contributed by atoms with E-state index in [0.29, 0.717) is 19.5 Å². The largest absolute Gasteiger partial charge is 0.379 e. The average Bonchev–Trinajstić information content (AvgIpc) is 2.86. The number of amides is 1. The number of carbonyl (C=O) groups excluding carboxylic acids is 1. The van der Waals surface area contributed by atoms with Gasteiger partial charge in [-0.1, -0.05) is 0 Å². The van der Waals surface area contributed by atoms with Crippen LogP contribution < -0.4 is 0 Å². The Morgan fingerprint density at radius 2 is 2.14 bits per heavy atom. The summed E-state index contributed by atoms with van der Waals surface area (Å²) in [5.41, 5.74) is 0.780. The molecule has 1 amide bonds. The molecule has 1 aromatic rings. The Bertz CT molecular complexity index is 544. The summed E-state index contributed by atoms with van der Waals surface area (Å²) in [5.74, 6) is 0.0466. The predicted octanol–water partition coefficient (Wildman–Crippen LogP) is 2.05. The molecule has 120 valence electrons. The van der Waals surface area contributed by atoms with Crippen molar-refractivity contribution in [1.82, 2.24) is 9.80 Å². The van der Waals surface area contributed by atoms with Gasteiger partial charge < -0.3 is 9.64 Å². The van der Waals surface area contributed by atoms with Gasteiger partial charge in [0.2, 0.25) is 0 Å². The summed E-state index contributed by atoms with van der Waals surface area (Å²) in [4.78, 5) is 19.1. The van der Waals surface area contributed by atoms with Crippen molar-refractivity contribution in [3.63, 3.8) is 0 Å². The van der Waals surface area contributed by atoms with Crippen molar-refractivity contribution in [3.05, 3.63) is 21.4 Å². The monoisotopic (exact) mass is 321 g/mol. The lowest BCUT2D eigenvalue weighted by atomic mass is 10.2.